The van der Waals surface area contributed by atoms with Crippen LogP contribution in [0.25, 0.3) is 0 Å². The van der Waals surface area contributed by atoms with Crippen LogP contribution in [-0.4, -0.2) is 69.3 Å². The Bertz CT molecular complexity index is 1120. The minimum absolute atomic E-state index is 0.0436. The first kappa shape index (κ1) is 28.1. The zero-order chi connectivity index (χ0) is 26.3. The maximum absolute atomic E-state index is 13.6. The number of nitrogens with one attached hydrogen (secondary N) is 1. The van der Waals surface area contributed by atoms with Crippen LogP contribution in [-0.2, 0) is 26.3 Å². The fourth-order valence-corrected chi connectivity index (χ4v) is 4.34. The van der Waals surface area contributed by atoms with Gasteiger partial charge in [-0.05, 0) is 62.7 Å². The first-order valence-corrected chi connectivity index (χ1v) is 12.4. The topological polar surface area (TPSA) is 99.3 Å². The number of hydrogen-bond acceptors (Lipinski definition) is 5. The van der Waals surface area contributed by atoms with Crippen molar-refractivity contribution in [3.8, 4) is 5.75 Å². The smallest absolute Gasteiger partial charge is 0.304 e. The Labute approximate surface area is 206 Å². The molecular formula is C24H33FN4O5S. The molecule has 1 N–H and O–H groups in total. The van der Waals surface area contributed by atoms with Crippen molar-refractivity contribution in [3.05, 3.63) is 59.9 Å². The van der Waals surface area contributed by atoms with Crippen molar-refractivity contribution >= 4 is 27.7 Å². The van der Waals surface area contributed by atoms with Gasteiger partial charge in [0.1, 0.15) is 24.2 Å². The van der Waals surface area contributed by atoms with Crippen LogP contribution in [0.5, 0.6) is 5.75 Å². The number of nitrogens with zero attached hydrogens (tertiary/aromatic N) is 3. The summed E-state index contributed by atoms with van der Waals surface area (Å²) in [6, 6.07) is 10.8. The molecule has 2 amide bonds. The lowest BCUT2D eigenvalue weighted by Gasteiger charge is -2.33. The van der Waals surface area contributed by atoms with E-state index in [-0.39, 0.29) is 24.2 Å². The number of methoxy groups -OCH3 is 1. The van der Waals surface area contributed by atoms with Crippen LogP contribution >= 0.6 is 0 Å². The van der Waals surface area contributed by atoms with Crippen LogP contribution in [0.4, 0.5) is 10.1 Å². The van der Waals surface area contributed by atoms with Crippen LogP contribution in [0.3, 0.4) is 0 Å². The molecule has 0 aliphatic carbocycles. The van der Waals surface area contributed by atoms with Gasteiger partial charge in [-0.15, -0.1) is 0 Å². The summed E-state index contributed by atoms with van der Waals surface area (Å²) in [6.45, 7) is 4.65. The minimum Gasteiger partial charge on any atom is -0.497 e. The molecule has 0 heterocycles. The van der Waals surface area contributed by atoms with Gasteiger partial charge in [0.25, 0.3) is 0 Å². The van der Waals surface area contributed by atoms with Gasteiger partial charge in [0.2, 0.25) is 11.8 Å². The molecule has 1 atom stereocenters. The molecule has 9 nitrogen and oxygen atoms in total. The van der Waals surface area contributed by atoms with Crippen molar-refractivity contribution in [2.24, 2.45) is 0 Å². The first-order chi connectivity index (χ1) is 16.4. The summed E-state index contributed by atoms with van der Waals surface area (Å²) in [7, 11) is 0.0882. The number of carbonyl (C=O) groups is 2. The summed E-state index contributed by atoms with van der Waals surface area (Å²) in [5, 5.41) is 2.79. The third-order valence-corrected chi connectivity index (χ3v) is 7.04. The predicted molar refractivity (Wildman–Crippen MR) is 133 cm³/mol. The van der Waals surface area contributed by atoms with E-state index in [0.717, 1.165) is 20.7 Å². The van der Waals surface area contributed by atoms with Gasteiger partial charge in [0.15, 0.2) is 0 Å². The van der Waals surface area contributed by atoms with Gasteiger partial charge in [-0.2, -0.15) is 12.7 Å². The van der Waals surface area contributed by atoms with Crippen molar-refractivity contribution in [1.82, 2.24) is 14.5 Å². The van der Waals surface area contributed by atoms with Crippen LogP contribution in [0.15, 0.2) is 48.5 Å². The average Bonchev–Trinajstić information content (AvgIpc) is 2.80. The standard InChI is InChI=1S/C24H33FN4O5S/c1-17(2)26-24(31)18(3)28(15-19-8-7-9-22(14-19)34-6)23(30)16-29(35(32,33)27(4)5)21-12-10-20(25)11-13-21/h7-14,17-18H,15-16H2,1-6H3,(H,26,31). The lowest BCUT2D eigenvalue weighted by atomic mass is 10.1. The lowest BCUT2D eigenvalue weighted by Crippen LogP contribution is -2.53. The van der Waals surface area contributed by atoms with E-state index < -0.39 is 34.5 Å². The summed E-state index contributed by atoms with van der Waals surface area (Å²) in [6.07, 6.45) is 0. The Morgan fingerprint density at radius 1 is 1.06 bits per heavy atom. The normalized spacial score (nSPS) is 12.4. The number of amides is 2. The Balaban J connectivity index is 2.46. The SMILES string of the molecule is COc1cccc(CN(C(=O)CN(c2ccc(F)cc2)S(=O)(=O)N(C)C)C(C)C(=O)NC(C)C)c1. The largest absolute Gasteiger partial charge is 0.497 e. The van der Waals surface area contributed by atoms with Gasteiger partial charge in [-0.1, -0.05) is 12.1 Å². The van der Waals surface area contributed by atoms with Crippen molar-refractivity contribution in [1.29, 1.82) is 0 Å². The van der Waals surface area contributed by atoms with E-state index in [1.807, 2.05) is 0 Å². The molecule has 2 aromatic rings. The number of ether oxygens (including phenoxy) is 1. The van der Waals surface area contributed by atoms with Gasteiger partial charge in [0.05, 0.1) is 12.8 Å². The summed E-state index contributed by atoms with van der Waals surface area (Å²) in [4.78, 5) is 27.7. The van der Waals surface area contributed by atoms with E-state index in [4.69, 9.17) is 4.74 Å². The van der Waals surface area contributed by atoms with Crippen LogP contribution in [0.2, 0.25) is 0 Å². The highest BCUT2D eigenvalue weighted by Crippen LogP contribution is 2.22. The van der Waals surface area contributed by atoms with Crippen LogP contribution < -0.4 is 14.4 Å². The van der Waals surface area contributed by atoms with Crippen molar-refractivity contribution < 1.29 is 27.1 Å². The summed E-state index contributed by atoms with van der Waals surface area (Å²) >= 11 is 0. The monoisotopic (exact) mass is 508 g/mol. The van der Waals surface area contributed by atoms with Gasteiger partial charge < -0.3 is 15.0 Å². The van der Waals surface area contributed by atoms with Gasteiger partial charge >= 0.3 is 10.2 Å². The lowest BCUT2D eigenvalue weighted by molar-refractivity contribution is -0.139. The van der Waals surface area contributed by atoms with Crippen LogP contribution in [0, 0.1) is 5.82 Å². The van der Waals surface area contributed by atoms with E-state index in [0.29, 0.717) is 11.3 Å². The van der Waals surface area contributed by atoms with E-state index in [1.54, 1.807) is 45.0 Å². The summed E-state index contributed by atoms with van der Waals surface area (Å²) in [5.74, 6) is -0.938. The average molecular weight is 509 g/mol. The number of benzene rings is 2. The number of halogens is 1. The zero-order valence-electron chi connectivity index (χ0n) is 20.9. The van der Waals surface area contributed by atoms with Gasteiger partial charge in [-0.25, -0.2) is 8.70 Å². The van der Waals surface area contributed by atoms with Crippen molar-refractivity contribution in [2.75, 3.05) is 32.1 Å². The molecule has 0 aromatic heterocycles. The zero-order valence-corrected chi connectivity index (χ0v) is 21.7. The molecular weight excluding hydrogens is 475 g/mol. The molecule has 0 saturated carbocycles. The second kappa shape index (κ2) is 12.0. The molecule has 192 valence electrons. The predicted octanol–water partition coefficient (Wildman–Crippen LogP) is 2.39. The summed E-state index contributed by atoms with van der Waals surface area (Å²) < 4.78 is 46.7. The van der Waals surface area contributed by atoms with E-state index >= 15 is 0 Å². The molecule has 11 heteroatoms. The Morgan fingerprint density at radius 3 is 2.23 bits per heavy atom. The molecule has 2 rings (SSSR count). The van der Waals surface area contributed by atoms with Crippen LogP contribution in [0.1, 0.15) is 26.3 Å². The Morgan fingerprint density at radius 2 is 1.69 bits per heavy atom. The highest BCUT2D eigenvalue weighted by molar-refractivity contribution is 7.90. The highest BCUT2D eigenvalue weighted by atomic mass is 32.2. The Kier molecular flexibility index (Phi) is 9.61. The molecule has 0 aliphatic heterocycles. The van der Waals surface area contributed by atoms with Gasteiger partial charge in [-0.3, -0.25) is 9.59 Å². The third-order valence-electron chi connectivity index (χ3n) is 5.22. The van der Waals surface area contributed by atoms with Crippen molar-refractivity contribution in [2.45, 2.75) is 39.4 Å². The second-order valence-electron chi connectivity index (χ2n) is 8.49. The molecule has 1 unspecified atom stereocenters. The number of carbonyl (C=O) groups excluding carboxylic acids is 2. The maximum Gasteiger partial charge on any atom is 0.304 e. The molecule has 0 aliphatic rings. The number of hydrogen-bond donors (Lipinski definition) is 1. The van der Waals surface area contributed by atoms with E-state index in [1.165, 1.54) is 38.2 Å². The molecule has 0 radical (unpaired) electrons. The van der Waals surface area contributed by atoms with E-state index in [9.17, 15) is 22.4 Å². The third kappa shape index (κ3) is 7.40. The van der Waals surface area contributed by atoms with Gasteiger partial charge in [0, 0.05) is 26.7 Å². The molecule has 0 bridgehead atoms. The Hall–Kier alpha value is -3.18. The summed E-state index contributed by atoms with van der Waals surface area (Å²) in [5.41, 5.74) is 0.819. The number of anilines is 1. The molecule has 0 fully saturated rings. The molecule has 0 saturated heterocycles. The highest BCUT2D eigenvalue weighted by Gasteiger charge is 2.32. The number of rotatable bonds is 11. The first-order valence-electron chi connectivity index (χ1n) is 11.0. The minimum atomic E-state index is -4.11. The fourth-order valence-electron chi connectivity index (χ4n) is 3.28. The molecule has 35 heavy (non-hydrogen) atoms. The molecule has 2 aromatic carbocycles. The fraction of sp³-hybridized carbons (Fsp3) is 0.417. The maximum atomic E-state index is 13.6. The van der Waals surface area contributed by atoms with E-state index in [2.05, 4.69) is 5.32 Å². The second-order valence-corrected chi connectivity index (χ2v) is 10.6. The van der Waals surface area contributed by atoms with Crippen molar-refractivity contribution in [3.63, 3.8) is 0 Å². The quantitative estimate of drug-likeness (QED) is 0.503. The molecule has 0 spiro atoms.